The van der Waals surface area contributed by atoms with E-state index in [0.717, 1.165) is 43.0 Å². The SMILES string of the molecule is COc1cc(N2CCOC(C)(C)C2)ccc1NC(=O)C1CCc2n[nH]nc2C1. The van der Waals surface area contributed by atoms with Gasteiger partial charge in [0.25, 0.3) is 0 Å². The number of anilines is 2. The summed E-state index contributed by atoms with van der Waals surface area (Å²) in [5.74, 6) is 0.544. The minimum atomic E-state index is -0.181. The fourth-order valence-corrected chi connectivity index (χ4v) is 3.96. The number of nitrogens with zero attached hydrogens (tertiary/aromatic N) is 3. The monoisotopic (exact) mass is 385 g/mol. The van der Waals surface area contributed by atoms with Crippen molar-refractivity contribution in [3.8, 4) is 5.75 Å². The molecule has 0 radical (unpaired) electrons. The van der Waals surface area contributed by atoms with E-state index in [4.69, 9.17) is 9.47 Å². The summed E-state index contributed by atoms with van der Waals surface area (Å²) < 4.78 is 11.4. The van der Waals surface area contributed by atoms with Crippen LogP contribution in [0.5, 0.6) is 5.75 Å². The zero-order valence-electron chi connectivity index (χ0n) is 16.6. The number of hydrogen-bond donors (Lipinski definition) is 2. The lowest BCUT2D eigenvalue weighted by Crippen LogP contribution is -2.48. The van der Waals surface area contributed by atoms with Crippen LogP contribution in [0.25, 0.3) is 0 Å². The van der Waals surface area contributed by atoms with E-state index in [1.807, 2.05) is 18.2 Å². The zero-order valence-corrected chi connectivity index (χ0v) is 16.6. The predicted molar refractivity (Wildman–Crippen MR) is 106 cm³/mol. The van der Waals surface area contributed by atoms with E-state index in [1.54, 1.807) is 7.11 Å². The van der Waals surface area contributed by atoms with E-state index in [9.17, 15) is 4.79 Å². The van der Waals surface area contributed by atoms with E-state index in [0.29, 0.717) is 24.5 Å². The predicted octanol–water partition coefficient (Wildman–Crippen LogP) is 2.17. The van der Waals surface area contributed by atoms with Crippen LogP contribution >= 0.6 is 0 Å². The summed E-state index contributed by atoms with van der Waals surface area (Å²) in [4.78, 5) is 15.1. The lowest BCUT2D eigenvalue weighted by atomic mass is 9.89. The molecule has 2 heterocycles. The van der Waals surface area contributed by atoms with Gasteiger partial charge in [-0.2, -0.15) is 15.4 Å². The van der Waals surface area contributed by atoms with Gasteiger partial charge in [-0.3, -0.25) is 4.79 Å². The highest BCUT2D eigenvalue weighted by molar-refractivity contribution is 5.94. The minimum absolute atomic E-state index is 0.00722. The van der Waals surface area contributed by atoms with Gasteiger partial charge in [-0.15, -0.1) is 0 Å². The third kappa shape index (κ3) is 3.82. The van der Waals surface area contributed by atoms with Gasteiger partial charge in [-0.1, -0.05) is 0 Å². The number of rotatable bonds is 4. The van der Waals surface area contributed by atoms with Crippen molar-refractivity contribution in [3.05, 3.63) is 29.6 Å². The topological polar surface area (TPSA) is 92.4 Å². The fraction of sp³-hybridized carbons (Fsp3) is 0.550. The van der Waals surface area contributed by atoms with Gasteiger partial charge in [0.2, 0.25) is 5.91 Å². The summed E-state index contributed by atoms with van der Waals surface area (Å²) in [7, 11) is 1.63. The van der Waals surface area contributed by atoms with Crippen molar-refractivity contribution in [1.29, 1.82) is 0 Å². The van der Waals surface area contributed by atoms with E-state index < -0.39 is 0 Å². The Balaban J connectivity index is 1.47. The summed E-state index contributed by atoms with van der Waals surface area (Å²) >= 11 is 0. The molecule has 0 bridgehead atoms. The number of aryl methyl sites for hydroxylation is 1. The van der Waals surface area contributed by atoms with Crippen molar-refractivity contribution >= 4 is 17.3 Å². The molecule has 150 valence electrons. The second kappa shape index (κ2) is 7.43. The minimum Gasteiger partial charge on any atom is -0.494 e. The van der Waals surface area contributed by atoms with Crippen LogP contribution in [0.4, 0.5) is 11.4 Å². The van der Waals surface area contributed by atoms with Crippen LogP contribution in [-0.4, -0.2) is 53.7 Å². The number of aromatic amines is 1. The average Bonchev–Trinajstić information content (AvgIpc) is 3.15. The molecule has 0 saturated carbocycles. The first-order chi connectivity index (χ1) is 13.4. The number of ether oxygens (including phenoxy) is 2. The lowest BCUT2D eigenvalue weighted by molar-refractivity contribution is -0.120. The van der Waals surface area contributed by atoms with Gasteiger partial charge in [0.15, 0.2) is 0 Å². The van der Waals surface area contributed by atoms with Crippen LogP contribution < -0.4 is 15.0 Å². The molecule has 1 amide bonds. The third-order valence-corrected chi connectivity index (χ3v) is 5.48. The summed E-state index contributed by atoms with van der Waals surface area (Å²) in [6.07, 6.45) is 2.16. The maximum Gasteiger partial charge on any atom is 0.227 e. The molecule has 4 rings (SSSR count). The molecule has 8 nitrogen and oxygen atoms in total. The summed E-state index contributed by atoms with van der Waals surface area (Å²) in [5.41, 5.74) is 3.44. The van der Waals surface area contributed by atoms with Gasteiger partial charge in [0.1, 0.15) is 5.75 Å². The molecule has 1 aliphatic heterocycles. The maximum absolute atomic E-state index is 12.8. The Kier molecular flexibility index (Phi) is 4.97. The van der Waals surface area contributed by atoms with E-state index in [-0.39, 0.29) is 17.4 Å². The van der Waals surface area contributed by atoms with Crippen molar-refractivity contribution in [3.63, 3.8) is 0 Å². The molecule has 1 aromatic heterocycles. The molecule has 1 unspecified atom stereocenters. The quantitative estimate of drug-likeness (QED) is 0.838. The molecule has 0 spiro atoms. The Morgan fingerprint density at radius 1 is 1.36 bits per heavy atom. The Morgan fingerprint density at radius 3 is 2.96 bits per heavy atom. The summed E-state index contributed by atoms with van der Waals surface area (Å²) in [5, 5.41) is 14.0. The van der Waals surface area contributed by atoms with Crippen LogP contribution in [0.3, 0.4) is 0 Å². The number of benzene rings is 1. The second-order valence-electron chi connectivity index (χ2n) is 8.06. The van der Waals surface area contributed by atoms with Gasteiger partial charge in [-0.25, -0.2) is 0 Å². The molecule has 2 N–H and O–H groups in total. The highest BCUT2D eigenvalue weighted by atomic mass is 16.5. The van der Waals surface area contributed by atoms with Crippen LogP contribution in [0.1, 0.15) is 31.7 Å². The molecule has 1 atom stereocenters. The molecule has 8 heteroatoms. The lowest BCUT2D eigenvalue weighted by Gasteiger charge is -2.39. The molecule has 1 aromatic carbocycles. The molecule has 1 aliphatic carbocycles. The van der Waals surface area contributed by atoms with Gasteiger partial charge in [0, 0.05) is 37.2 Å². The van der Waals surface area contributed by atoms with Crippen molar-refractivity contribution in [2.75, 3.05) is 37.0 Å². The van der Waals surface area contributed by atoms with Crippen LogP contribution in [-0.2, 0) is 22.4 Å². The van der Waals surface area contributed by atoms with Crippen molar-refractivity contribution in [2.45, 2.75) is 38.7 Å². The number of carbonyl (C=O) groups excluding carboxylic acids is 1. The van der Waals surface area contributed by atoms with Gasteiger partial charge in [-0.05, 0) is 38.8 Å². The van der Waals surface area contributed by atoms with Gasteiger partial charge < -0.3 is 19.7 Å². The number of H-pyrrole nitrogens is 1. The maximum atomic E-state index is 12.8. The highest BCUT2D eigenvalue weighted by Crippen LogP contribution is 2.33. The first kappa shape index (κ1) is 18.7. The number of fused-ring (bicyclic) bond motifs is 1. The fourth-order valence-electron chi connectivity index (χ4n) is 3.96. The van der Waals surface area contributed by atoms with Crippen molar-refractivity contribution in [1.82, 2.24) is 15.4 Å². The van der Waals surface area contributed by atoms with Crippen molar-refractivity contribution in [2.24, 2.45) is 5.92 Å². The summed E-state index contributed by atoms with van der Waals surface area (Å²) in [6, 6.07) is 5.92. The standard InChI is InChI=1S/C20H27N5O3/c1-20(2)12-25(8-9-28-20)14-5-7-16(18(11-14)27-3)21-19(26)13-4-6-15-17(10-13)23-24-22-15/h5,7,11,13H,4,6,8-10,12H2,1-3H3,(H,21,26)(H,22,23,24). The Morgan fingerprint density at radius 2 is 2.18 bits per heavy atom. The number of morpholine rings is 1. The van der Waals surface area contributed by atoms with Crippen LogP contribution in [0.15, 0.2) is 18.2 Å². The number of hydrogen-bond acceptors (Lipinski definition) is 6. The smallest absolute Gasteiger partial charge is 0.227 e. The third-order valence-electron chi connectivity index (χ3n) is 5.48. The normalized spacial score (nSPS) is 21.1. The first-order valence-electron chi connectivity index (χ1n) is 9.71. The first-order valence-corrected chi connectivity index (χ1v) is 9.71. The Bertz CT molecular complexity index is 863. The Labute approximate surface area is 164 Å². The molecule has 28 heavy (non-hydrogen) atoms. The van der Waals surface area contributed by atoms with E-state index in [1.165, 1.54) is 0 Å². The Hall–Kier alpha value is -2.61. The second-order valence-corrected chi connectivity index (χ2v) is 8.06. The zero-order chi connectivity index (χ0) is 19.7. The molecule has 2 aliphatic rings. The molecule has 2 aromatic rings. The van der Waals surface area contributed by atoms with E-state index >= 15 is 0 Å². The largest absolute Gasteiger partial charge is 0.494 e. The number of nitrogens with one attached hydrogen (secondary N) is 2. The molecular formula is C20H27N5O3. The van der Waals surface area contributed by atoms with Gasteiger partial charge in [0.05, 0.1) is 36.4 Å². The van der Waals surface area contributed by atoms with Crippen molar-refractivity contribution < 1.29 is 14.3 Å². The number of methoxy groups -OCH3 is 1. The molecule has 1 fully saturated rings. The summed E-state index contributed by atoms with van der Waals surface area (Å²) in [6.45, 7) is 6.52. The van der Waals surface area contributed by atoms with Crippen LogP contribution in [0.2, 0.25) is 0 Å². The number of carbonyl (C=O) groups is 1. The molecule has 1 saturated heterocycles. The molecular weight excluding hydrogens is 358 g/mol. The van der Waals surface area contributed by atoms with Crippen LogP contribution in [0, 0.1) is 5.92 Å². The average molecular weight is 385 g/mol. The van der Waals surface area contributed by atoms with Gasteiger partial charge >= 0.3 is 0 Å². The highest BCUT2D eigenvalue weighted by Gasteiger charge is 2.29. The number of amides is 1. The van der Waals surface area contributed by atoms with E-state index in [2.05, 4.69) is 39.5 Å². The number of aromatic nitrogens is 3.